The number of aryl methyl sites for hydroxylation is 1. The van der Waals surface area contributed by atoms with Gasteiger partial charge in [-0.1, -0.05) is 12.1 Å². The molecule has 0 saturated heterocycles. The summed E-state index contributed by atoms with van der Waals surface area (Å²) in [5.74, 6) is -0.593. The van der Waals surface area contributed by atoms with Crippen molar-refractivity contribution in [2.75, 3.05) is 17.2 Å². The van der Waals surface area contributed by atoms with Gasteiger partial charge in [-0.15, -0.1) is 0 Å². The summed E-state index contributed by atoms with van der Waals surface area (Å²) in [6.07, 6.45) is 0. The summed E-state index contributed by atoms with van der Waals surface area (Å²) < 4.78 is 0. The number of nitrogen functional groups attached to an aromatic ring is 1. The van der Waals surface area contributed by atoms with Crippen molar-refractivity contribution in [3.63, 3.8) is 0 Å². The fraction of sp³-hybridized carbons (Fsp3) is 0.200. The second-order valence-corrected chi connectivity index (χ2v) is 4.50. The Hall–Kier alpha value is -2.56. The zero-order valence-corrected chi connectivity index (χ0v) is 11.5. The number of carboxylic acid groups (broad SMARTS) is 1. The Kier molecular flexibility index (Phi) is 3.89. The molecule has 104 valence electrons. The smallest absolute Gasteiger partial charge is 0.354 e. The van der Waals surface area contributed by atoms with E-state index in [2.05, 4.69) is 4.98 Å². The molecule has 0 radical (unpaired) electrons. The first-order valence-electron chi connectivity index (χ1n) is 6.37. The van der Waals surface area contributed by atoms with Crippen molar-refractivity contribution >= 4 is 23.2 Å². The second kappa shape index (κ2) is 5.61. The predicted octanol–water partition coefficient (Wildman–Crippen LogP) is 2.83. The number of hydrogen-bond donors (Lipinski definition) is 2. The molecular formula is C15H17N3O2. The van der Waals surface area contributed by atoms with Gasteiger partial charge in [-0.25, -0.2) is 9.78 Å². The first-order chi connectivity index (χ1) is 9.52. The van der Waals surface area contributed by atoms with Crippen LogP contribution in [-0.4, -0.2) is 22.6 Å². The van der Waals surface area contributed by atoms with Gasteiger partial charge in [0.25, 0.3) is 0 Å². The summed E-state index contributed by atoms with van der Waals surface area (Å²) in [7, 11) is 0. The first-order valence-corrected chi connectivity index (χ1v) is 6.37. The van der Waals surface area contributed by atoms with Gasteiger partial charge in [-0.2, -0.15) is 0 Å². The number of aromatic carboxylic acids is 1. The van der Waals surface area contributed by atoms with Gasteiger partial charge in [0.05, 0.1) is 5.69 Å². The van der Waals surface area contributed by atoms with Gasteiger partial charge in [-0.05, 0) is 43.7 Å². The molecule has 2 aromatic rings. The molecule has 1 aromatic carbocycles. The van der Waals surface area contributed by atoms with Crippen LogP contribution in [0.3, 0.4) is 0 Å². The molecule has 5 heteroatoms. The SMILES string of the molecule is CCN(c1cccc(C)c1)c1nc(C(=O)O)ccc1N. The lowest BCUT2D eigenvalue weighted by molar-refractivity contribution is 0.0690. The van der Waals surface area contributed by atoms with Crippen LogP contribution in [-0.2, 0) is 0 Å². The van der Waals surface area contributed by atoms with Crippen LogP contribution in [0.4, 0.5) is 17.2 Å². The van der Waals surface area contributed by atoms with E-state index in [1.165, 1.54) is 6.07 Å². The molecule has 1 aromatic heterocycles. The lowest BCUT2D eigenvalue weighted by atomic mass is 10.2. The fourth-order valence-corrected chi connectivity index (χ4v) is 2.04. The number of rotatable bonds is 4. The zero-order chi connectivity index (χ0) is 14.7. The van der Waals surface area contributed by atoms with Gasteiger partial charge in [0, 0.05) is 12.2 Å². The first kappa shape index (κ1) is 13.9. The number of hydrogen-bond acceptors (Lipinski definition) is 4. The summed E-state index contributed by atoms with van der Waals surface area (Å²) in [6.45, 7) is 4.61. The molecule has 0 unspecified atom stereocenters. The van der Waals surface area contributed by atoms with E-state index in [4.69, 9.17) is 10.8 Å². The van der Waals surface area contributed by atoms with Gasteiger partial charge in [0.15, 0.2) is 11.5 Å². The van der Waals surface area contributed by atoms with Crippen molar-refractivity contribution in [1.29, 1.82) is 0 Å². The number of pyridine rings is 1. The molecule has 2 rings (SSSR count). The van der Waals surface area contributed by atoms with Gasteiger partial charge in [-0.3, -0.25) is 0 Å². The number of carboxylic acids is 1. The van der Waals surface area contributed by atoms with Crippen LogP contribution in [0.15, 0.2) is 36.4 Å². The molecule has 0 fully saturated rings. The van der Waals surface area contributed by atoms with Crippen molar-refractivity contribution < 1.29 is 9.90 Å². The summed E-state index contributed by atoms with van der Waals surface area (Å²) in [5, 5.41) is 9.05. The highest BCUT2D eigenvalue weighted by molar-refractivity contribution is 5.87. The number of nitrogens with zero attached hydrogens (tertiary/aromatic N) is 2. The Morgan fingerprint density at radius 2 is 2.10 bits per heavy atom. The number of anilines is 3. The van der Waals surface area contributed by atoms with E-state index in [-0.39, 0.29) is 5.69 Å². The Morgan fingerprint density at radius 1 is 1.35 bits per heavy atom. The normalized spacial score (nSPS) is 10.3. The van der Waals surface area contributed by atoms with Crippen LogP contribution in [0.5, 0.6) is 0 Å². The molecular weight excluding hydrogens is 254 g/mol. The molecule has 1 heterocycles. The Labute approximate surface area is 117 Å². The standard InChI is InChI=1S/C15H17N3O2/c1-3-18(11-6-4-5-10(2)9-11)14-12(16)7-8-13(17-14)15(19)20/h4-9H,3,16H2,1-2H3,(H,19,20). The third kappa shape index (κ3) is 2.71. The third-order valence-corrected chi connectivity index (χ3v) is 3.01. The van der Waals surface area contributed by atoms with Crippen LogP contribution in [0, 0.1) is 6.92 Å². The molecule has 0 saturated carbocycles. The maximum Gasteiger partial charge on any atom is 0.354 e. The van der Waals surface area contributed by atoms with Crippen molar-refractivity contribution in [3.05, 3.63) is 47.7 Å². The molecule has 0 spiro atoms. The fourth-order valence-electron chi connectivity index (χ4n) is 2.04. The van der Waals surface area contributed by atoms with Crippen molar-refractivity contribution in [2.24, 2.45) is 0 Å². The Balaban J connectivity index is 2.51. The monoisotopic (exact) mass is 271 g/mol. The molecule has 0 aliphatic rings. The number of nitrogens with two attached hydrogens (primary N) is 1. The van der Waals surface area contributed by atoms with E-state index < -0.39 is 5.97 Å². The maximum atomic E-state index is 11.0. The van der Waals surface area contributed by atoms with Crippen molar-refractivity contribution in [3.8, 4) is 0 Å². The average molecular weight is 271 g/mol. The van der Waals surface area contributed by atoms with Gasteiger partial charge < -0.3 is 15.7 Å². The molecule has 5 nitrogen and oxygen atoms in total. The van der Waals surface area contributed by atoms with E-state index in [1.54, 1.807) is 6.07 Å². The highest BCUT2D eigenvalue weighted by atomic mass is 16.4. The lowest BCUT2D eigenvalue weighted by Crippen LogP contribution is -2.20. The van der Waals surface area contributed by atoms with Crippen LogP contribution < -0.4 is 10.6 Å². The summed E-state index contributed by atoms with van der Waals surface area (Å²) in [6, 6.07) is 10.9. The van der Waals surface area contributed by atoms with Crippen molar-refractivity contribution in [1.82, 2.24) is 4.98 Å². The zero-order valence-electron chi connectivity index (χ0n) is 11.5. The van der Waals surface area contributed by atoms with E-state index >= 15 is 0 Å². The van der Waals surface area contributed by atoms with E-state index in [0.29, 0.717) is 18.1 Å². The quantitative estimate of drug-likeness (QED) is 0.893. The van der Waals surface area contributed by atoms with Crippen LogP contribution >= 0.6 is 0 Å². The Bertz CT molecular complexity index is 641. The van der Waals surface area contributed by atoms with Gasteiger partial charge >= 0.3 is 5.97 Å². The minimum Gasteiger partial charge on any atom is -0.477 e. The number of aromatic nitrogens is 1. The lowest BCUT2D eigenvalue weighted by Gasteiger charge is -2.24. The van der Waals surface area contributed by atoms with E-state index in [1.807, 2.05) is 43.0 Å². The Morgan fingerprint density at radius 3 is 2.70 bits per heavy atom. The number of carbonyl (C=O) groups is 1. The summed E-state index contributed by atoms with van der Waals surface area (Å²) >= 11 is 0. The topological polar surface area (TPSA) is 79.5 Å². The molecule has 0 bridgehead atoms. The highest BCUT2D eigenvalue weighted by Gasteiger charge is 2.15. The summed E-state index contributed by atoms with van der Waals surface area (Å²) in [4.78, 5) is 17.1. The van der Waals surface area contributed by atoms with Gasteiger partial charge in [0.2, 0.25) is 0 Å². The average Bonchev–Trinajstić information content (AvgIpc) is 2.41. The van der Waals surface area contributed by atoms with Crippen molar-refractivity contribution in [2.45, 2.75) is 13.8 Å². The predicted molar refractivity (Wildman–Crippen MR) is 79.5 cm³/mol. The van der Waals surface area contributed by atoms with E-state index in [0.717, 1.165) is 11.3 Å². The second-order valence-electron chi connectivity index (χ2n) is 4.50. The molecule has 0 atom stereocenters. The molecule has 3 N–H and O–H groups in total. The third-order valence-electron chi connectivity index (χ3n) is 3.01. The largest absolute Gasteiger partial charge is 0.477 e. The van der Waals surface area contributed by atoms with Crippen LogP contribution in [0.2, 0.25) is 0 Å². The highest BCUT2D eigenvalue weighted by Crippen LogP contribution is 2.29. The van der Waals surface area contributed by atoms with Gasteiger partial charge in [0.1, 0.15) is 0 Å². The molecule has 0 aliphatic heterocycles. The maximum absolute atomic E-state index is 11.0. The molecule has 0 amide bonds. The minimum absolute atomic E-state index is 0.0136. The van der Waals surface area contributed by atoms with Crippen LogP contribution in [0.25, 0.3) is 0 Å². The summed E-state index contributed by atoms with van der Waals surface area (Å²) in [5.41, 5.74) is 8.45. The minimum atomic E-state index is -1.06. The van der Waals surface area contributed by atoms with E-state index in [9.17, 15) is 4.79 Å². The molecule has 20 heavy (non-hydrogen) atoms. The van der Waals surface area contributed by atoms with Crippen LogP contribution in [0.1, 0.15) is 23.0 Å². The molecule has 0 aliphatic carbocycles. The number of benzene rings is 1.